The summed E-state index contributed by atoms with van der Waals surface area (Å²) in [5.41, 5.74) is 5.96. The molecule has 1 heterocycles. The van der Waals surface area contributed by atoms with Crippen LogP contribution in [0, 0.1) is 10.1 Å². The van der Waals surface area contributed by atoms with Gasteiger partial charge in [0.25, 0.3) is 5.69 Å². The Balaban J connectivity index is 2.17. The zero-order chi connectivity index (χ0) is 17.7. The molecule has 2 aromatic rings. The smallest absolute Gasteiger partial charge is 0.276 e. The average Bonchev–Trinajstić information content (AvgIpc) is 2.53. The molecular weight excluding hydrogens is 338 g/mol. The molecular formula is C14H16ClN5O4. The number of benzene rings is 1. The van der Waals surface area contributed by atoms with Gasteiger partial charge in [-0.25, -0.2) is 4.98 Å². The number of methoxy groups -OCH3 is 2. The number of nitrogen functional groups attached to an aromatic ring is 1. The van der Waals surface area contributed by atoms with Gasteiger partial charge in [-0.1, -0.05) is 11.6 Å². The molecule has 0 unspecified atom stereocenters. The minimum atomic E-state index is -0.461. The van der Waals surface area contributed by atoms with Crippen LogP contribution in [0.1, 0.15) is 5.56 Å². The Bertz CT molecular complexity index is 736. The van der Waals surface area contributed by atoms with Crippen molar-refractivity contribution in [3.05, 3.63) is 39.0 Å². The number of anilines is 2. The Kier molecular flexibility index (Phi) is 5.59. The van der Waals surface area contributed by atoms with E-state index in [0.29, 0.717) is 35.8 Å². The number of nitro benzene ring substituents is 1. The average molecular weight is 354 g/mol. The quantitative estimate of drug-likeness (QED) is 0.441. The van der Waals surface area contributed by atoms with E-state index >= 15 is 0 Å². The van der Waals surface area contributed by atoms with E-state index in [2.05, 4.69) is 15.3 Å². The molecule has 0 atom stereocenters. The Morgan fingerprint density at radius 2 is 1.92 bits per heavy atom. The topological polar surface area (TPSA) is 125 Å². The van der Waals surface area contributed by atoms with Gasteiger partial charge in [-0.3, -0.25) is 10.1 Å². The highest BCUT2D eigenvalue weighted by molar-refractivity contribution is 6.29. The third-order valence-electron chi connectivity index (χ3n) is 3.19. The SMILES string of the molecule is COc1cc(CCNc2cc(Cl)nc(N)n2)c([N+](=O)[O-])cc1OC. The minimum Gasteiger partial charge on any atom is -0.493 e. The van der Waals surface area contributed by atoms with Crippen molar-refractivity contribution in [2.45, 2.75) is 6.42 Å². The molecule has 0 saturated carbocycles. The van der Waals surface area contributed by atoms with Crippen LogP contribution in [0.3, 0.4) is 0 Å². The predicted molar refractivity (Wildman–Crippen MR) is 89.8 cm³/mol. The molecule has 2 rings (SSSR count). The fraction of sp³-hybridized carbons (Fsp3) is 0.286. The molecule has 3 N–H and O–H groups in total. The van der Waals surface area contributed by atoms with E-state index in [4.69, 9.17) is 26.8 Å². The number of hydrogen-bond acceptors (Lipinski definition) is 8. The maximum Gasteiger partial charge on any atom is 0.276 e. The molecule has 0 saturated heterocycles. The molecule has 0 aliphatic heterocycles. The van der Waals surface area contributed by atoms with Crippen molar-refractivity contribution >= 4 is 29.1 Å². The molecule has 0 fully saturated rings. The van der Waals surface area contributed by atoms with Crippen molar-refractivity contribution < 1.29 is 14.4 Å². The minimum absolute atomic E-state index is 0.0436. The van der Waals surface area contributed by atoms with E-state index in [9.17, 15) is 10.1 Å². The van der Waals surface area contributed by atoms with E-state index < -0.39 is 4.92 Å². The first-order chi connectivity index (χ1) is 11.4. The number of aromatic nitrogens is 2. The second kappa shape index (κ2) is 7.64. The number of ether oxygens (including phenoxy) is 2. The zero-order valence-electron chi connectivity index (χ0n) is 13.1. The standard InChI is InChI=1S/C14H16ClN5O4/c1-23-10-5-8(9(20(21)22)6-11(10)24-2)3-4-17-13-7-12(15)18-14(16)19-13/h5-7H,3-4H2,1-2H3,(H3,16,17,18,19). The van der Waals surface area contributed by atoms with Gasteiger partial charge in [0.1, 0.15) is 11.0 Å². The molecule has 128 valence electrons. The van der Waals surface area contributed by atoms with Gasteiger partial charge in [0.05, 0.1) is 25.2 Å². The highest BCUT2D eigenvalue weighted by Crippen LogP contribution is 2.34. The summed E-state index contributed by atoms with van der Waals surface area (Å²) < 4.78 is 10.3. The third kappa shape index (κ3) is 4.13. The summed E-state index contributed by atoms with van der Waals surface area (Å²) in [5, 5.41) is 14.5. The van der Waals surface area contributed by atoms with Crippen LogP contribution in [0.4, 0.5) is 17.5 Å². The van der Waals surface area contributed by atoms with Gasteiger partial charge in [-0.05, 0) is 12.5 Å². The van der Waals surface area contributed by atoms with Crippen LogP contribution in [-0.2, 0) is 6.42 Å². The summed E-state index contributed by atoms with van der Waals surface area (Å²) in [7, 11) is 2.89. The second-order valence-electron chi connectivity index (χ2n) is 4.70. The number of nitrogens with two attached hydrogens (primary N) is 1. The lowest BCUT2D eigenvalue weighted by atomic mass is 10.1. The number of nitrogens with one attached hydrogen (secondary N) is 1. The van der Waals surface area contributed by atoms with Gasteiger partial charge in [-0.15, -0.1) is 0 Å². The molecule has 0 spiro atoms. The van der Waals surface area contributed by atoms with E-state index in [1.165, 1.54) is 26.4 Å². The molecule has 1 aromatic carbocycles. The van der Waals surface area contributed by atoms with Crippen molar-refractivity contribution in [1.29, 1.82) is 0 Å². The fourth-order valence-electron chi connectivity index (χ4n) is 2.13. The molecule has 1 aromatic heterocycles. The van der Waals surface area contributed by atoms with Crippen molar-refractivity contribution in [1.82, 2.24) is 9.97 Å². The number of nitrogens with zero attached hydrogens (tertiary/aromatic N) is 3. The molecule has 0 aliphatic carbocycles. The molecule has 0 radical (unpaired) electrons. The monoisotopic (exact) mass is 353 g/mol. The van der Waals surface area contributed by atoms with E-state index in [-0.39, 0.29) is 16.8 Å². The molecule has 9 nitrogen and oxygen atoms in total. The van der Waals surface area contributed by atoms with E-state index in [1.807, 2.05) is 0 Å². The molecule has 0 aliphatic rings. The summed E-state index contributed by atoms with van der Waals surface area (Å²) in [6, 6.07) is 4.44. The first-order valence-electron chi connectivity index (χ1n) is 6.87. The van der Waals surface area contributed by atoms with Crippen LogP contribution in [0.15, 0.2) is 18.2 Å². The Morgan fingerprint density at radius 3 is 2.50 bits per heavy atom. The Hall–Kier alpha value is -2.81. The van der Waals surface area contributed by atoms with Crippen LogP contribution in [-0.4, -0.2) is 35.7 Å². The van der Waals surface area contributed by atoms with Crippen LogP contribution in [0.2, 0.25) is 5.15 Å². The zero-order valence-corrected chi connectivity index (χ0v) is 13.8. The molecule has 0 amide bonds. The van der Waals surface area contributed by atoms with E-state index in [0.717, 1.165) is 0 Å². The lowest BCUT2D eigenvalue weighted by Crippen LogP contribution is -2.09. The first-order valence-corrected chi connectivity index (χ1v) is 7.25. The van der Waals surface area contributed by atoms with Gasteiger partial charge in [0, 0.05) is 18.2 Å². The first kappa shape index (κ1) is 17.5. The number of hydrogen-bond donors (Lipinski definition) is 2. The van der Waals surface area contributed by atoms with Crippen LogP contribution in [0.5, 0.6) is 11.5 Å². The summed E-state index contributed by atoms with van der Waals surface area (Å²) >= 11 is 5.79. The van der Waals surface area contributed by atoms with Gasteiger partial charge in [-0.2, -0.15) is 4.98 Å². The second-order valence-corrected chi connectivity index (χ2v) is 5.09. The van der Waals surface area contributed by atoms with Gasteiger partial charge >= 0.3 is 0 Å². The molecule has 10 heteroatoms. The van der Waals surface area contributed by atoms with Crippen molar-refractivity contribution in [2.24, 2.45) is 0 Å². The summed E-state index contributed by atoms with van der Waals surface area (Å²) in [4.78, 5) is 18.5. The molecule has 24 heavy (non-hydrogen) atoms. The number of rotatable bonds is 7. The van der Waals surface area contributed by atoms with Crippen LogP contribution < -0.4 is 20.5 Å². The van der Waals surface area contributed by atoms with Crippen molar-refractivity contribution in [3.8, 4) is 11.5 Å². The van der Waals surface area contributed by atoms with Gasteiger partial charge < -0.3 is 20.5 Å². The maximum atomic E-state index is 11.2. The predicted octanol–water partition coefficient (Wildman–Crippen LogP) is 2.29. The normalized spacial score (nSPS) is 10.3. The number of halogens is 1. The largest absolute Gasteiger partial charge is 0.493 e. The van der Waals surface area contributed by atoms with Crippen molar-refractivity contribution in [3.63, 3.8) is 0 Å². The highest BCUT2D eigenvalue weighted by Gasteiger charge is 2.19. The maximum absolute atomic E-state index is 11.2. The molecule has 0 bridgehead atoms. The summed E-state index contributed by atoms with van der Waals surface area (Å²) in [6.45, 7) is 0.378. The third-order valence-corrected chi connectivity index (χ3v) is 3.39. The van der Waals surface area contributed by atoms with E-state index in [1.54, 1.807) is 6.07 Å². The van der Waals surface area contributed by atoms with Crippen LogP contribution in [0.25, 0.3) is 0 Å². The fourth-order valence-corrected chi connectivity index (χ4v) is 2.32. The lowest BCUT2D eigenvalue weighted by molar-refractivity contribution is -0.385. The highest BCUT2D eigenvalue weighted by atomic mass is 35.5. The van der Waals surface area contributed by atoms with Crippen molar-refractivity contribution in [2.75, 3.05) is 31.8 Å². The van der Waals surface area contributed by atoms with Crippen LogP contribution >= 0.6 is 11.6 Å². The summed E-state index contributed by atoms with van der Waals surface area (Å²) in [6.07, 6.45) is 0.359. The Morgan fingerprint density at radius 1 is 1.25 bits per heavy atom. The van der Waals surface area contributed by atoms with Gasteiger partial charge in [0.2, 0.25) is 5.95 Å². The Labute approximate surface area is 142 Å². The number of nitro groups is 1. The van der Waals surface area contributed by atoms with Gasteiger partial charge in [0.15, 0.2) is 11.5 Å². The lowest BCUT2D eigenvalue weighted by Gasteiger charge is -2.11. The summed E-state index contributed by atoms with van der Waals surface area (Å²) in [5.74, 6) is 1.21.